The van der Waals surface area contributed by atoms with Crippen LogP contribution in [0.15, 0.2) is 24.4 Å². The minimum atomic E-state index is -0.409. The second-order valence-electron chi connectivity index (χ2n) is 3.79. The van der Waals surface area contributed by atoms with Gasteiger partial charge < -0.3 is 0 Å². The van der Waals surface area contributed by atoms with Gasteiger partial charge in [-0.3, -0.25) is 10.1 Å². The highest BCUT2D eigenvalue weighted by Gasteiger charge is 2.18. The Hall–Kier alpha value is -1.76. The summed E-state index contributed by atoms with van der Waals surface area (Å²) in [5.74, 6) is 0. The Bertz CT molecular complexity index is 582. The van der Waals surface area contributed by atoms with Crippen molar-refractivity contribution >= 4 is 21.6 Å². The van der Waals surface area contributed by atoms with Crippen LogP contribution < -0.4 is 0 Å². The maximum Gasteiger partial charge on any atom is 0.295 e. The van der Waals surface area contributed by atoms with E-state index in [4.69, 9.17) is 0 Å². The molecule has 6 nitrogen and oxygen atoms in total. The first-order valence-corrected chi connectivity index (χ1v) is 6.47. The van der Waals surface area contributed by atoms with E-state index in [2.05, 4.69) is 26.2 Å². The molecule has 2 aromatic rings. The average molecular weight is 311 g/mol. The van der Waals surface area contributed by atoms with E-state index in [1.54, 1.807) is 12.3 Å². The van der Waals surface area contributed by atoms with Crippen molar-refractivity contribution in [3.8, 4) is 5.69 Å². The van der Waals surface area contributed by atoms with Crippen LogP contribution >= 0.6 is 15.9 Å². The van der Waals surface area contributed by atoms with Gasteiger partial charge in [-0.1, -0.05) is 33.3 Å². The normalized spacial score (nSPS) is 10.6. The van der Waals surface area contributed by atoms with Gasteiger partial charge in [0.15, 0.2) is 0 Å². The molecule has 1 aromatic carbocycles. The van der Waals surface area contributed by atoms with Crippen molar-refractivity contribution in [3.63, 3.8) is 0 Å². The number of alkyl halides is 1. The van der Waals surface area contributed by atoms with Crippen LogP contribution in [-0.4, -0.2) is 25.2 Å². The van der Waals surface area contributed by atoms with E-state index in [0.29, 0.717) is 5.69 Å². The third kappa shape index (κ3) is 2.40. The predicted octanol–water partition coefficient (Wildman–Crippen LogP) is 2.42. The summed E-state index contributed by atoms with van der Waals surface area (Å²) in [4.78, 5) is 10.6. The zero-order valence-corrected chi connectivity index (χ0v) is 11.3. The first-order chi connectivity index (χ1) is 8.63. The highest BCUT2D eigenvalue weighted by atomic mass is 79.9. The summed E-state index contributed by atoms with van der Waals surface area (Å²) < 4.78 is 1.46. The lowest BCUT2D eigenvalue weighted by Gasteiger charge is -2.05. The van der Waals surface area contributed by atoms with Crippen molar-refractivity contribution < 1.29 is 4.92 Å². The maximum absolute atomic E-state index is 11.0. The van der Waals surface area contributed by atoms with E-state index < -0.39 is 4.92 Å². The van der Waals surface area contributed by atoms with E-state index in [-0.39, 0.29) is 5.69 Å². The molecule has 94 valence electrons. The van der Waals surface area contributed by atoms with Crippen molar-refractivity contribution in [2.24, 2.45) is 0 Å². The van der Waals surface area contributed by atoms with E-state index in [1.165, 1.54) is 10.7 Å². The second-order valence-corrected chi connectivity index (χ2v) is 4.59. The van der Waals surface area contributed by atoms with Crippen LogP contribution in [-0.2, 0) is 6.42 Å². The fraction of sp³-hybridized carbons (Fsp3) is 0.273. The number of para-hydroxylation sites is 1. The standard InChI is InChI=1S/C11H11BrN4O2/c1-8-3-2-4-10(16(17)18)11(8)15-7-9(5-6-12)13-14-15/h2-4,7H,5-6H2,1H3. The number of rotatable bonds is 4. The highest BCUT2D eigenvalue weighted by molar-refractivity contribution is 9.09. The molecule has 0 atom stereocenters. The van der Waals surface area contributed by atoms with Crippen LogP contribution in [0.1, 0.15) is 11.3 Å². The summed E-state index contributed by atoms with van der Waals surface area (Å²) in [6.07, 6.45) is 2.45. The molecular formula is C11H11BrN4O2. The largest absolute Gasteiger partial charge is 0.295 e. The first kappa shape index (κ1) is 12.7. The number of halogens is 1. The zero-order chi connectivity index (χ0) is 13.1. The molecule has 1 heterocycles. The fourth-order valence-electron chi connectivity index (χ4n) is 1.71. The van der Waals surface area contributed by atoms with Gasteiger partial charge in [-0.15, -0.1) is 5.10 Å². The molecule has 0 N–H and O–H groups in total. The third-order valence-corrected chi connectivity index (χ3v) is 2.93. The van der Waals surface area contributed by atoms with Crippen molar-refractivity contribution in [2.45, 2.75) is 13.3 Å². The van der Waals surface area contributed by atoms with E-state index in [1.807, 2.05) is 13.0 Å². The lowest BCUT2D eigenvalue weighted by Crippen LogP contribution is -2.03. The first-order valence-electron chi connectivity index (χ1n) is 5.35. The maximum atomic E-state index is 11.0. The van der Waals surface area contributed by atoms with Gasteiger partial charge >= 0.3 is 0 Å². The van der Waals surface area contributed by atoms with Gasteiger partial charge in [0.25, 0.3) is 5.69 Å². The van der Waals surface area contributed by atoms with Crippen LogP contribution in [0.25, 0.3) is 5.69 Å². The molecule has 0 aliphatic rings. The molecule has 0 aliphatic heterocycles. The Kier molecular flexibility index (Phi) is 3.71. The minimum absolute atomic E-state index is 0.0327. The third-order valence-electron chi connectivity index (χ3n) is 2.53. The molecular weight excluding hydrogens is 300 g/mol. The molecule has 1 aromatic heterocycles. The minimum Gasteiger partial charge on any atom is -0.258 e. The van der Waals surface area contributed by atoms with Crippen molar-refractivity contribution in [1.29, 1.82) is 0 Å². The molecule has 0 saturated heterocycles. The number of hydrogen-bond acceptors (Lipinski definition) is 4. The summed E-state index contributed by atoms with van der Waals surface area (Å²) in [7, 11) is 0. The Morgan fingerprint density at radius 1 is 1.50 bits per heavy atom. The molecule has 2 rings (SSSR count). The van der Waals surface area contributed by atoms with E-state index >= 15 is 0 Å². The smallest absolute Gasteiger partial charge is 0.258 e. The highest BCUT2D eigenvalue weighted by Crippen LogP contribution is 2.25. The Balaban J connectivity index is 2.51. The fourth-order valence-corrected chi connectivity index (χ4v) is 2.11. The SMILES string of the molecule is Cc1cccc([N+](=O)[O-])c1-n1cc(CCBr)nn1. The van der Waals surface area contributed by atoms with Crippen LogP contribution in [0.5, 0.6) is 0 Å². The van der Waals surface area contributed by atoms with Gasteiger partial charge in [-0.05, 0) is 12.5 Å². The summed E-state index contributed by atoms with van der Waals surface area (Å²) in [6.45, 7) is 1.81. The molecule has 0 amide bonds. The summed E-state index contributed by atoms with van der Waals surface area (Å²) in [6, 6.07) is 4.94. The number of benzene rings is 1. The molecule has 0 unspecified atom stereocenters. The van der Waals surface area contributed by atoms with Gasteiger partial charge in [0.2, 0.25) is 0 Å². The average Bonchev–Trinajstić information content (AvgIpc) is 2.77. The molecule has 0 radical (unpaired) electrons. The number of nitro groups is 1. The van der Waals surface area contributed by atoms with Crippen molar-refractivity contribution in [1.82, 2.24) is 15.0 Å². The van der Waals surface area contributed by atoms with Crippen LogP contribution in [0.3, 0.4) is 0 Å². The lowest BCUT2D eigenvalue weighted by atomic mass is 10.1. The Morgan fingerprint density at radius 2 is 2.28 bits per heavy atom. The lowest BCUT2D eigenvalue weighted by molar-refractivity contribution is -0.384. The van der Waals surface area contributed by atoms with Crippen LogP contribution in [0.4, 0.5) is 5.69 Å². The Labute approximate surface area is 112 Å². The summed E-state index contributed by atoms with van der Waals surface area (Å²) >= 11 is 3.32. The van der Waals surface area contributed by atoms with Crippen molar-refractivity contribution in [3.05, 3.63) is 45.8 Å². The predicted molar refractivity (Wildman–Crippen MR) is 70.2 cm³/mol. The number of nitrogens with zero attached hydrogens (tertiary/aromatic N) is 4. The summed E-state index contributed by atoms with van der Waals surface area (Å²) in [5, 5.41) is 19.7. The second kappa shape index (κ2) is 5.26. The van der Waals surface area contributed by atoms with Gasteiger partial charge in [-0.2, -0.15) is 0 Å². The molecule has 0 aliphatic carbocycles. The molecule has 0 saturated carbocycles. The molecule has 18 heavy (non-hydrogen) atoms. The number of nitro benzene ring substituents is 1. The molecule has 0 fully saturated rings. The number of aryl methyl sites for hydroxylation is 2. The van der Waals surface area contributed by atoms with Crippen LogP contribution in [0, 0.1) is 17.0 Å². The van der Waals surface area contributed by atoms with Crippen molar-refractivity contribution in [2.75, 3.05) is 5.33 Å². The monoisotopic (exact) mass is 310 g/mol. The number of hydrogen-bond donors (Lipinski definition) is 0. The molecule has 0 bridgehead atoms. The zero-order valence-electron chi connectivity index (χ0n) is 9.71. The molecule has 0 spiro atoms. The molecule has 7 heteroatoms. The van der Waals surface area contributed by atoms with E-state index in [0.717, 1.165) is 23.0 Å². The van der Waals surface area contributed by atoms with Gasteiger partial charge in [0.1, 0.15) is 5.69 Å². The van der Waals surface area contributed by atoms with Crippen LogP contribution in [0.2, 0.25) is 0 Å². The Morgan fingerprint density at radius 3 is 2.94 bits per heavy atom. The number of aromatic nitrogens is 3. The summed E-state index contributed by atoms with van der Waals surface area (Å²) in [5.41, 5.74) is 2.09. The van der Waals surface area contributed by atoms with E-state index in [9.17, 15) is 10.1 Å². The van der Waals surface area contributed by atoms with Gasteiger partial charge in [0.05, 0.1) is 16.8 Å². The quantitative estimate of drug-likeness (QED) is 0.494. The van der Waals surface area contributed by atoms with Gasteiger partial charge in [-0.25, -0.2) is 4.68 Å². The topological polar surface area (TPSA) is 73.8 Å². The van der Waals surface area contributed by atoms with Gasteiger partial charge in [0, 0.05) is 17.8 Å².